The highest BCUT2D eigenvalue weighted by Gasteiger charge is 2.18. The molecule has 1 aromatic carbocycles. The summed E-state index contributed by atoms with van der Waals surface area (Å²) in [4.78, 5) is 8.44. The van der Waals surface area contributed by atoms with E-state index in [0.29, 0.717) is 0 Å². The molecule has 3 heterocycles. The molecule has 1 fully saturated rings. The topological polar surface area (TPSA) is 19.4 Å². The molecule has 134 valence electrons. The Bertz CT molecular complexity index is 668. The summed E-state index contributed by atoms with van der Waals surface area (Å²) in [5, 5.41) is 0. The number of likely N-dealkylation sites (tertiary alicyclic amines) is 1. The van der Waals surface area contributed by atoms with E-state index in [-0.39, 0.29) is 0 Å². The number of rotatable bonds is 4. The van der Waals surface area contributed by atoms with Gasteiger partial charge in [0.05, 0.1) is 12.2 Å². The minimum absolute atomic E-state index is 0.942. The lowest BCUT2D eigenvalue weighted by atomic mass is 10.1. The number of benzene rings is 1. The van der Waals surface area contributed by atoms with Gasteiger partial charge in [-0.05, 0) is 73.6 Å². The van der Waals surface area contributed by atoms with Crippen molar-refractivity contribution in [3.63, 3.8) is 0 Å². The van der Waals surface area contributed by atoms with E-state index in [1.165, 1.54) is 47.6 Å². The van der Waals surface area contributed by atoms with Crippen molar-refractivity contribution in [2.45, 2.75) is 51.1 Å². The SMILES string of the molecule is CC.c1cc(CN2CCCC2)cc(SN2CCc3cccnc3C2)c1. The highest BCUT2D eigenvalue weighted by Crippen LogP contribution is 2.29. The van der Waals surface area contributed by atoms with Crippen LogP contribution in [0.4, 0.5) is 0 Å². The van der Waals surface area contributed by atoms with Crippen molar-refractivity contribution < 1.29 is 0 Å². The summed E-state index contributed by atoms with van der Waals surface area (Å²) in [5.74, 6) is 0. The van der Waals surface area contributed by atoms with Crippen LogP contribution < -0.4 is 0 Å². The Kier molecular flexibility index (Phi) is 6.91. The summed E-state index contributed by atoms with van der Waals surface area (Å²) >= 11 is 1.88. The first kappa shape index (κ1) is 18.4. The van der Waals surface area contributed by atoms with Crippen LogP contribution in [0.15, 0.2) is 47.5 Å². The fourth-order valence-electron chi connectivity index (χ4n) is 3.46. The molecule has 25 heavy (non-hydrogen) atoms. The lowest BCUT2D eigenvalue weighted by Crippen LogP contribution is -2.25. The second-order valence-corrected chi connectivity index (χ2v) is 7.62. The van der Waals surface area contributed by atoms with Gasteiger partial charge >= 0.3 is 0 Å². The van der Waals surface area contributed by atoms with Gasteiger partial charge in [0.25, 0.3) is 0 Å². The summed E-state index contributed by atoms with van der Waals surface area (Å²) in [6.07, 6.45) is 5.72. The Labute approximate surface area is 156 Å². The molecule has 2 aliphatic heterocycles. The number of hydrogen-bond donors (Lipinski definition) is 0. The predicted octanol–water partition coefficient (Wildman–Crippen LogP) is 4.77. The van der Waals surface area contributed by atoms with E-state index in [2.05, 4.69) is 44.5 Å². The molecule has 0 aliphatic carbocycles. The predicted molar refractivity (Wildman–Crippen MR) is 107 cm³/mol. The summed E-state index contributed by atoms with van der Waals surface area (Å²) in [6.45, 7) is 9.65. The minimum Gasteiger partial charge on any atom is -0.299 e. The molecule has 3 nitrogen and oxygen atoms in total. The maximum Gasteiger partial charge on any atom is 0.0586 e. The van der Waals surface area contributed by atoms with Gasteiger partial charge < -0.3 is 0 Å². The number of fused-ring (bicyclic) bond motifs is 1. The molecule has 4 heteroatoms. The monoisotopic (exact) mass is 355 g/mol. The molecule has 0 unspecified atom stereocenters. The van der Waals surface area contributed by atoms with Crippen molar-refractivity contribution in [1.29, 1.82) is 0 Å². The Balaban J connectivity index is 0.000000880. The molecule has 0 amide bonds. The smallest absolute Gasteiger partial charge is 0.0586 e. The standard InChI is InChI=1S/C19H23N3S.C2H6/c1-2-11-21(10-1)14-16-5-3-7-18(13-16)23-22-12-8-17-6-4-9-20-19(17)15-22;1-2/h3-7,9,13H,1-2,8,10-12,14-15H2;1-2H3. The Morgan fingerprint density at radius 3 is 2.72 bits per heavy atom. The minimum atomic E-state index is 0.942. The largest absolute Gasteiger partial charge is 0.299 e. The van der Waals surface area contributed by atoms with Gasteiger partial charge in [-0.1, -0.05) is 32.0 Å². The fourth-order valence-corrected chi connectivity index (χ4v) is 4.47. The lowest BCUT2D eigenvalue weighted by Gasteiger charge is -2.26. The van der Waals surface area contributed by atoms with Crippen LogP contribution in [0.3, 0.4) is 0 Å². The van der Waals surface area contributed by atoms with E-state index in [0.717, 1.165) is 26.1 Å². The molecule has 2 aliphatic rings. The molecule has 1 saturated heterocycles. The van der Waals surface area contributed by atoms with Crippen molar-refractivity contribution in [3.05, 3.63) is 59.4 Å². The van der Waals surface area contributed by atoms with Crippen LogP contribution in [0.5, 0.6) is 0 Å². The highest BCUT2D eigenvalue weighted by atomic mass is 32.2. The number of pyridine rings is 1. The van der Waals surface area contributed by atoms with Crippen molar-refractivity contribution in [1.82, 2.24) is 14.2 Å². The second kappa shape index (κ2) is 9.37. The van der Waals surface area contributed by atoms with E-state index in [1.807, 2.05) is 38.1 Å². The zero-order valence-electron chi connectivity index (χ0n) is 15.4. The van der Waals surface area contributed by atoms with Crippen LogP contribution in [-0.2, 0) is 19.5 Å². The Morgan fingerprint density at radius 2 is 1.88 bits per heavy atom. The van der Waals surface area contributed by atoms with Crippen molar-refractivity contribution in [2.75, 3.05) is 19.6 Å². The maximum absolute atomic E-state index is 4.54. The van der Waals surface area contributed by atoms with Crippen LogP contribution in [0.1, 0.15) is 43.5 Å². The number of aromatic nitrogens is 1. The molecule has 1 aromatic heterocycles. The number of nitrogens with zero attached hydrogens (tertiary/aromatic N) is 3. The van der Waals surface area contributed by atoms with Crippen LogP contribution in [-0.4, -0.2) is 33.8 Å². The van der Waals surface area contributed by atoms with Crippen molar-refractivity contribution in [3.8, 4) is 0 Å². The van der Waals surface area contributed by atoms with Crippen molar-refractivity contribution in [2.24, 2.45) is 0 Å². The van der Waals surface area contributed by atoms with Crippen LogP contribution in [0.2, 0.25) is 0 Å². The van der Waals surface area contributed by atoms with Crippen molar-refractivity contribution >= 4 is 11.9 Å². The molecule has 0 saturated carbocycles. The molecular formula is C21H29N3S. The first-order valence-electron chi connectivity index (χ1n) is 9.54. The lowest BCUT2D eigenvalue weighted by molar-refractivity contribution is 0.331. The third-order valence-corrected chi connectivity index (χ3v) is 5.71. The Hall–Kier alpha value is -1.36. The molecular weight excluding hydrogens is 326 g/mol. The second-order valence-electron chi connectivity index (χ2n) is 6.44. The summed E-state index contributed by atoms with van der Waals surface area (Å²) < 4.78 is 2.43. The highest BCUT2D eigenvalue weighted by molar-refractivity contribution is 7.97. The van der Waals surface area contributed by atoms with Crippen LogP contribution >= 0.6 is 11.9 Å². The third-order valence-electron chi connectivity index (χ3n) is 4.68. The molecule has 0 radical (unpaired) electrons. The maximum atomic E-state index is 4.54. The normalized spacial score (nSPS) is 17.7. The van der Waals surface area contributed by atoms with Gasteiger partial charge in [0, 0.05) is 24.2 Å². The zero-order chi connectivity index (χ0) is 17.5. The quantitative estimate of drug-likeness (QED) is 0.736. The Morgan fingerprint density at radius 1 is 1.04 bits per heavy atom. The molecule has 4 rings (SSSR count). The third kappa shape index (κ3) is 5.06. The van der Waals surface area contributed by atoms with Gasteiger partial charge in [-0.3, -0.25) is 9.88 Å². The van der Waals surface area contributed by atoms with Gasteiger partial charge in [-0.15, -0.1) is 0 Å². The molecule has 2 aromatic rings. The van der Waals surface area contributed by atoms with Gasteiger partial charge in [0.1, 0.15) is 0 Å². The van der Waals surface area contributed by atoms with E-state index < -0.39 is 0 Å². The summed E-state index contributed by atoms with van der Waals surface area (Å²) in [7, 11) is 0. The first-order valence-corrected chi connectivity index (χ1v) is 10.3. The van der Waals surface area contributed by atoms with Crippen LogP contribution in [0, 0.1) is 0 Å². The van der Waals surface area contributed by atoms with Gasteiger partial charge in [0.15, 0.2) is 0 Å². The molecule has 0 bridgehead atoms. The fraction of sp³-hybridized carbons (Fsp3) is 0.476. The summed E-state index contributed by atoms with van der Waals surface area (Å²) in [5.41, 5.74) is 4.08. The van der Waals surface area contributed by atoms with E-state index in [1.54, 1.807) is 0 Å². The average Bonchev–Trinajstić information content (AvgIpc) is 3.17. The van der Waals surface area contributed by atoms with E-state index in [4.69, 9.17) is 0 Å². The first-order chi connectivity index (χ1) is 12.4. The molecule has 0 atom stereocenters. The van der Waals surface area contributed by atoms with Crippen LogP contribution in [0.25, 0.3) is 0 Å². The van der Waals surface area contributed by atoms with Gasteiger partial charge in [-0.25, -0.2) is 4.31 Å². The van der Waals surface area contributed by atoms with Gasteiger partial charge in [-0.2, -0.15) is 0 Å². The average molecular weight is 356 g/mol. The molecule has 0 spiro atoms. The molecule has 0 N–H and O–H groups in total. The van der Waals surface area contributed by atoms with E-state index >= 15 is 0 Å². The van der Waals surface area contributed by atoms with Gasteiger partial charge in [0.2, 0.25) is 0 Å². The summed E-state index contributed by atoms with van der Waals surface area (Å²) in [6, 6.07) is 13.3. The van der Waals surface area contributed by atoms with E-state index in [9.17, 15) is 0 Å². The number of hydrogen-bond acceptors (Lipinski definition) is 4. The zero-order valence-corrected chi connectivity index (χ0v) is 16.3.